The lowest BCUT2D eigenvalue weighted by Crippen LogP contribution is -2.36. The van der Waals surface area contributed by atoms with Crippen molar-refractivity contribution < 1.29 is 19.1 Å². The monoisotopic (exact) mass is 360 g/mol. The Hall–Kier alpha value is -2.54. The average Bonchev–Trinajstić information content (AvgIpc) is 2.59. The van der Waals surface area contributed by atoms with Crippen molar-refractivity contribution in [2.24, 2.45) is 16.6 Å². The highest BCUT2D eigenvalue weighted by atomic mass is 32.1. The second-order valence-corrected chi connectivity index (χ2v) is 6.15. The van der Waals surface area contributed by atoms with E-state index >= 15 is 0 Å². The lowest BCUT2D eigenvalue weighted by Gasteiger charge is -2.31. The molecule has 2 rings (SSSR count). The Labute approximate surface area is 151 Å². The quantitative estimate of drug-likeness (QED) is 0.653. The van der Waals surface area contributed by atoms with Gasteiger partial charge in [0.15, 0.2) is 0 Å². The molecular formula is C18H20N2O4S. The molecular weight excluding hydrogens is 340 g/mol. The van der Waals surface area contributed by atoms with Crippen molar-refractivity contribution in [1.29, 1.82) is 0 Å². The normalized spacial score (nSPS) is 19.9. The first kappa shape index (κ1) is 18.8. The van der Waals surface area contributed by atoms with E-state index in [1.165, 1.54) is 14.2 Å². The van der Waals surface area contributed by atoms with Crippen LogP contribution < -0.4 is 5.73 Å². The molecule has 7 heteroatoms. The molecule has 2 atom stereocenters. The smallest absolute Gasteiger partial charge is 0.336 e. The average molecular weight is 360 g/mol. The lowest BCUT2D eigenvalue weighted by atomic mass is 9.75. The molecule has 0 aromatic heterocycles. The lowest BCUT2D eigenvalue weighted by molar-refractivity contribution is -0.143. The highest BCUT2D eigenvalue weighted by molar-refractivity contribution is 7.80. The van der Waals surface area contributed by atoms with E-state index in [4.69, 9.17) is 27.4 Å². The van der Waals surface area contributed by atoms with Gasteiger partial charge in [0.1, 0.15) is 10.9 Å². The summed E-state index contributed by atoms with van der Waals surface area (Å²) in [5.74, 6) is -2.33. The summed E-state index contributed by atoms with van der Waals surface area (Å²) in [4.78, 5) is 29.4. The summed E-state index contributed by atoms with van der Waals surface area (Å²) < 4.78 is 9.86. The largest absolute Gasteiger partial charge is 0.468 e. The third-order valence-corrected chi connectivity index (χ3v) is 4.45. The summed E-state index contributed by atoms with van der Waals surface area (Å²) in [5, 5.41) is 0. The van der Waals surface area contributed by atoms with Crippen LogP contribution in [-0.2, 0) is 19.1 Å². The maximum absolute atomic E-state index is 12.4. The van der Waals surface area contributed by atoms with Crippen molar-refractivity contribution in [3.8, 4) is 0 Å². The minimum Gasteiger partial charge on any atom is -0.468 e. The third-order valence-electron chi connectivity index (χ3n) is 4.22. The van der Waals surface area contributed by atoms with Gasteiger partial charge in [-0.2, -0.15) is 0 Å². The molecule has 0 saturated heterocycles. The third kappa shape index (κ3) is 3.61. The molecule has 0 spiro atoms. The second kappa shape index (κ2) is 7.57. The summed E-state index contributed by atoms with van der Waals surface area (Å²) >= 11 is 5.04. The topological polar surface area (TPSA) is 91.0 Å². The van der Waals surface area contributed by atoms with E-state index in [1.54, 1.807) is 32.0 Å². The van der Waals surface area contributed by atoms with Gasteiger partial charge in [-0.05, 0) is 25.5 Å². The Bertz CT molecular complexity index is 798. The molecule has 0 saturated carbocycles. The van der Waals surface area contributed by atoms with E-state index in [1.807, 2.05) is 6.07 Å². The van der Waals surface area contributed by atoms with Crippen LogP contribution in [0, 0.1) is 5.92 Å². The molecule has 1 aromatic carbocycles. The Kier molecular flexibility index (Phi) is 5.69. The number of nitrogens with two attached hydrogens (primary N) is 1. The van der Waals surface area contributed by atoms with E-state index in [0.29, 0.717) is 22.5 Å². The number of allylic oxidation sites excluding steroid dienone is 1. The van der Waals surface area contributed by atoms with Crippen molar-refractivity contribution >= 4 is 34.9 Å². The molecule has 0 fully saturated rings. The molecule has 1 aliphatic heterocycles. The molecule has 1 aromatic rings. The van der Waals surface area contributed by atoms with Crippen LogP contribution in [0.3, 0.4) is 0 Å². The van der Waals surface area contributed by atoms with E-state index in [0.717, 1.165) is 5.56 Å². The number of methoxy groups -OCH3 is 2. The molecule has 6 nitrogen and oxygen atoms in total. The number of benzene rings is 1. The van der Waals surface area contributed by atoms with Gasteiger partial charge in [0.05, 0.1) is 19.8 Å². The number of aliphatic imine (C=N–C) groups is 1. The highest BCUT2D eigenvalue weighted by Crippen LogP contribution is 2.40. The first-order valence-electron chi connectivity index (χ1n) is 7.63. The maximum atomic E-state index is 12.4. The standard InChI is InChI=1S/C18H20N2O4S/c1-9-13(17(21)23-3)15(14(10(2)20-9)18(22)24-4)11-6-5-7-12(8-11)16(19)25/h5-8,13,15H,1-4H3,(H2,19,25). The van der Waals surface area contributed by atoms with Gasteiger partial charge in [-0.15, -0.1) is 0 Å². The minimum atomic E-state index is -0.732. The van der Waals surface area contributed by atoms with Crippen LogP contribution >= 0.6 is 12.2 Å². The predicted octanol–water partition coefficient (Wildman–Crippen LogP) is 2.12. The Morgan fingerprint density at radius 1 is 1.20 bits per heavy atom. The number of hydrogen-bond acceptors (Lipinski definition) is 6. The fraction of sp³-hybridized carbons (Fsp3) is 0.333. The summed E-state index contributed by atoms with van der Waals surface area (Å²) in [6.07, 6.45) is 0. The number of carbonyl (C=O) groups excluding carboxylic acids is 2. The zero-order valence-electron chi connectivity index (χ0n) is 14.5. The summed E-state index contributed by atoms with van der Waals surface area (Å²) in [6.45, 7) is 3.46. The van der Waals surface area contributed by atoms with Gasteiger partial charge < -0.3 is 15.2 Å². The van der Waals surface area contributed by atoms with E-state index in [-0.39, 0.29) is 4.99 Å². The molecule has 132 valence electrons. The van der Waals surface area contributed by atoms with Crippen molar-refractivity contribution in [2.75, 3.05) is 14.2 Å². The van der Waals surface area contributed by atoms with Gasteiger partial charge in [-0.3, -0.25) is 9.79 Å². The molecule has 1 heterocycles. The van der Waals surface area contributed by atoms with Crippen molar-refractivity contribution in [3.63, 3.8) is 0 Å². The zero-order valence-corrected chi connectivity index (χ0v) is 15.3. The van der Waals surface area contributed by atoms with Crippen LogP contribution in [0.25, 0.3) is 0 Å². The van der Waals surface area contributed by atoms with E-state index in [2.05, 4.69) is 4.99 Å². The van der Waals surface area contributed by atoms with Crippen molar-refractivity contribution in [2.45, 2.75) is 19.8 Å². The number of ether oxygens (including phenoxy) is 2. The fourth-order valence-corrected chi connectivity index (χ4v) is 3.22. The van der Waals surface area contributed by atoms with E-state index in [9.17, 15) is 9.59 Å². The molecule has 2 unspecified atom stereocenters. The number of nitrogens with zero attached hydrogens (tertiary/aromatic N) is 1. The van der Waals surface area contributed by atoms with Crippen LogP contribution in [-0.4, -0.2) is 36.9 Å². The number of rotatable bonds is 4. The van der Waals surface area contributed by atoms with Crippen molar-refractivity contribution in [1.82, 2.24) is 0 Å². The number of carbonyl (C=O) groups is 2. The molecule has 0 radical (unpaired) electrons. The van der Waals surface area contributed by atoms with Gasteiger partial charge in [-0.1, -0.05) is 30.4 Å². The molecule has 0 amide bonds. The van der Waals surface area contributed by atoms with Gasteiger partial charge >= 0.3 is 11.9 Å². The van der Waals surface area contributed by atoms with Crippen molar-refractivity contribution in [3.05, 3.63) is 46.7 Å². The Morgan fingerprint density at radius 2 is 1.88 bits per heavy atom. The van der Waals surface area contributed by atoms with Gasteiger partial charge in [-0.25, -0.2) is 4.79 Å². The minimum absolute atomic E-state index is 0.234. The number of hydrogen-bond donors (Lipinski definition) is 1. The predicted molar refractivity (Wildman–Crippen MR) is 98.4 cm³/mol. The van der Waals surface area contributed by atoms with Gasteiger partial charge in [0.25, 0.3) is 0 Å². The van der Waals surface area contributed by atoms with Crippen LogP contribution in [0.1, 0.15) is 30.9 Å². The molecule has 25 heavy (non-hydrogen) atoms. The van der Waals surface area contributed by atoms with E-state index < -0.39 is 23.8 Å². The molecule has 2 N–H and O–H groups in total. The van der Waals surface area contributed by atoms with Crippen LogP contribution in [0.4, 0.5) is 0 Å². The van der Waals surface area contributed by atoms with Crippen LogP contribution in [0.2, 0.25) is 0 Å². The summed E-state index contributed by atoms with van der Waals surface area (Å²) in [6, 6.07) is 7.15. The molecule has 0 aliphatic carbocycles. The van der Waals surface area contributed by atoms with Crippen LogP contribution in [0.15, 0.2) is 40.5 Å². The summed E-state index contributed by atoms with van der Waals surface area (Å²) in [5.41, 5.74) is 8.49. The fourth-order valence-electron chi connectivity index (χ4n) is 3.09. The first-order chi connectivity index (χ1) is 11.8. The zero-order chi connectivity index (χ0) is 18.7. The number of esters is 2. The van der Waals surface area contributed by atoms with Crippen LogP contribution in [0.5, 0.6) is 0 Å². The first-order valence-corrected chi connectivity index (χ1v) is 8.04. The van der Waals surface area contributed by atoms with Gasteiger partial charge in [0.2, 0.25) is 0 Å². The summed E-state index contributed by atoms with van der Waals surface area (Å²) in [7, 11) is 2.60. The Balaban J connectivity index is 2.70. The van der Waals surface area contributed by atoms with Gasteiger partial charge in [0, 0.05) is 22.9 Å². The Morgan fingerprint density at radius 3 is 2.44 bits per heavy atom. The molecule has 0 bridgehead atoms. The highest BCUT2D eigenvalue weighted by Gasteiger charge is 2.42. The molecule has 1 aliphatic rings. The SMILES string of the molecule is COC(=O)C1=C(C)N=C(C)C(C(=O)OC)C1c1cccc(C(N)=S)c1. The maximum Gasteiger partial charge on any atom is 0.336 e. The second-order valence-electron chi connectivity index (χ2n) is 5.71. The number of thiocarbonyl (C=S) groups is 1.